The molecule has 0 unspecified atom stereocenters. The van der Waals surface area contributed by atoms with Crippen LogP contribution in [-0.2, 0) is 24.9 Å². The van der Waals surface area contributed by atoms with Gasteiger partial charge in [0.2, 0.25) is 0 Å². The van der Waals surface area contributed by atoms with Crippen LogP contribution in [0.1, 0.15) is 11.1 Å². The molecule has 2 heterocycles. The summed E-state index contributed by atoms with van der Waals surface area (Å²) in [4.78, 5) is 2.45. The first-order valence-electron chi connectivity index (χ1n) is 6.85. The number of nitrogens with zero attached hydrogens (tertiary/aromatic N) is 2. The molecule has 1 aliphatic heterocycles. The van der Waals surface area contributed by atoms with E-state index < -0.39 is 0 Å². The molecule has 0 spiro atoms. The maximum absolute atomic E-state index is 5.84. The number of aryl methyl sites for hydroxylation is 1. The molecule has 0 amide bonds. The molecule has 19 heavy (non-hydrogen) atoms. The molecule has 3 rings (SSSR count). The molecule has 1 aromatic carbocycles. The molecule has 102 valence electrons. The first-order valence-corrected chi connectivity index (χ1v) is 6.85. The Labute approximate surface area is 113 Å². The summed E-state index contributed by atoms with van der Waals surface area (Å²) in [6, 6.07) is 6.42. The first-order chi connectivity index (χ1) is 9.29. The molecular formula is C15H21N3O. The van der Waals surface area contributed by atoms with Gasteiger partial charge >= 0.3 is 0 Å². The number of hydrogen-bond acceptors (Lipinski definition) is 3. The summed E-state index contributed by atoms with van der Waals surface area (Å²) in [6.07, 6.45) is 2.24. The van der Waals surface area contributed by atoms with E-state index in [0.717, 1.165) is 32.8 Å². The summed E-state index contributed by atoms with van der Waals surface area (Å²) < 4.78 is 7.60. The molecule has 4 heteroatoms. The van der Waals surface area contributed by atoms with Crippen molar-refractivity contribution in [3.63, 3.8) is 0 Å². The van der Waals surface area contributed by atoms with Gasteiger partial charge < -0.3 is 15.0 Å². The number of morpholine rings is 1. The summed E-state index contributed by atoms with van der Waals surface area (Å²) in [5.41, 5.74) is 9.71. The maximum atomic E-state index is 5.84. The van der Waals surface area contributed by atoms with Crippen LogP contribution in [0.15, 0.2) is 24.4 Å². The molecule has 1 saturated heterocycles. The number of fused-ring (bicyclic) bond motifs is 1. The third-order valence-corrected chi connectivity index (χ3v) is 3.89. The molecule has 0 saturated carbocycles. The predicted molar refractivity (Wildman–Crippen MR) is 76.9 cm³/mol. The average molecular weight is 259 g/mol. The Bertz CT molecular complexity index is 570. The van der Waals surface area contributed by atoms with Gasteiger partial charge in [-0.25, -0.2) is 0 Å². The lowest BCUT2D eigenvalue weighted by Gasteiger charge is -2.26. The zero-order valence-corrected chi connectivity index (χ0v) is 11.4. The summed E-state index contributed by atoms with van der Waals surface area (Å²) in [7, 11) is 2.10. The minimum atomic E-state index is 0.589. The average Bonchev–Trinajstić information content (AvgIpc) is 2.77. The van der Waals surface area contributed by atoms with Gasteiger partial charge in [-0.2, -0.15) is 0 Å². The number of aromatic nitrogens is 1. The largest absolute Gasteiger partial charge is 0.379 e. The SMILES string of the molecule is Cn1cc(CN2CCOCC2)c2cccc(CN)c21. The summed E-state index contributed by atoms with van der Waals surface area (Å²) in [6.45, 7) is 5.32. The Hall–Kier alpha value is -1.36. The second-order valence-corrected chi connectivity index (χ2v) is 5.17. The van der Waals surface area contributed by atoms with Gasteiger partial charge in [0.05, 0.1) is 18.7 Å². The number of hydrogen-bond donors (Lipinski definition) is 1. The Morgan fingerprint density at radius 2 is 2.00 bits per heavy atom. The van der Waals surface area contributed by atoms with Crippen molar-refractivity contribution in [2.45, 2.75) is 13.1 Å². The molecule has 2 N–H and O–H groups in total. The highest BCUT2D eigenvalue weighted by Crippen LogP contribution is 2.25. The third kappa shape index (κ3) is 2.39. The monoisotopic (exact) mass is 259 g/mol. The Morgan fingerprint density at radius 3 is 2.74 bits per heavy atom. The molecule has 1 fully saturated rings. The minimum absolute atomic E-state index is 0.589. The molecule has 0 radical (unpaired) electrons. The van der Waals surface area contributed by atoms with Gasteiger partial charge in [-0.15, -0.1) is 0 Å². The Morgan fingerprint density at radius 1 is 1.21 bits per heavy atom. The van der Waals surface area contributed by atoms with E-state index in [1.807, 2.05) is 0 Å². The maximum Gasteiger partial charge on any atom is 0.0594 e. The van der Waals surface area contributed by atoms with Crippen molar-refractivity contribution in [3.05, 3.63) is 35.5 Å². The Kier molecular flexibility index (Phi) is 3.55. The number of benzene rings is 1. The van der Waals surface area contributed by atoms with E-state index in [0.29, 0.717) is 6.54 Å². The van der Waals surface area contributed by atoms with E-state index in [-0.39, 0.29) is 0 Å². The van der Waals surface area contributed by atoms with E-state index >= 15 is 0 Å². The van der Waals surface area contributed by atoms with Gasteiger partial charge in [0.1, 0.15) is 0 Å². The lowest BCUT2D eigenvalue weighted by molar-refractivity contribution is 0.0343. The van der Waals surface area contributed by atoms with Crippen molar-refractivity contribution in [3.8, 4) is 0 Å². The van der Waals surface area contributed by atoms with Crippen LogP contribution in [0.5, 0.6) is 0 Å². The minimum Gasteiger partial charge on any atom is -0.379 e. The van der Waals surface area contributed by atoms with Crippen LogP contribution < -0.4 is 5.73 Å². The number of ether oxygens (including phenoxy) is 1. The van der Waals surface area contributed by atoms with Crippen LogP contribution in [-0.4, -0.2) is 35.8 Å². The van der Waals surface area contributed by atoms with Crippen LogP contribution in [0.3, 0.4) is 0 Å². The van der Waals surface area contributed by atoms with Gasteiger partial charge in [-0.1, -0.05) is 18.2 Å². The van der Waals surface area contributed by atoms with E-state index in [1.165, 1.54) is 22.0 Å². The van der Waals surface area contributed by atoms with Crippen LogP contribution in [0.25, 0.3) is 10.9 Å². The van der Waals surface area contributed by atoms with Crippen molar-refractivity contribution < 1.29 is 4.74 Å². The molecule has 2 aromatic rings. The number of para-hydroxylation sites is 1. The highest BCUT2D eigenvalue weighted by molar-refractivity contribution is 5.86. The molecule has 0 bridgehead atoms. The van der Waals surface area contributed by atoms with Crippen molar-refractivity contribution in [2.24, 2.45) is 12.8 Å². The highest BCUT2D eigenvalue weighted by atomic mass is 16.5. The topological polar surface area (TPSA) is 43.4 Å². The second kappa shape index (κ2) is 5.33. The quantitative estimate of drug-likeness (QED) is 0.907. The van der Waals surface area contributed by atoms with Crippen LogP contribution in [0.4, 0.5) is 0 Å². The lowest BCUT2D eigenvalue weighted by Crippen LogP contribution is -2.35. The fourth-order valence-electron chi connectivity index (χ4n) is 2.93. The molecule has 0 aliphatic carbocycles. The van der Waals surface area contributed by atoms with Crippen molar-refractivity contribution in [1.29, 1.82) is 0 Å². The molecule has 0 atom stereocenters. The van der Waals surface area contributed by atoms with Crippen molar-refractivity contribution in [1.82, 2.24) is 9.47 Å². The Balaban J connectivity index is 1.95. The fraction of sp³-hybridized carbons (Fsp3) is 0.467. The van der Waals surface area contributed by atoms with Crippen molar-refractivity contribution in [2.75, 3.05) is 26.3 Å². The molecule has 1 aromatic heterocycles. The summed E-state index contributed by atoms with van der Waals surface area (Å²) in [5.74, 6) is 0. The third-order valence-electron chi connectivity index (χ3n) is 3.89. The smallest absolute Gasteiger partial charge is 0.0594 e. The highest BCUT2D eigenvalue weighted by Gasteiger charge is 2.15. The lowest BCUT2D eigenvalue weighted by atomic mass is 10.1. The van der Waals surface area contributed by atoms with E-state index in [9.17, 15) is 0 Å². The van der Waals surface area contributed by atoms with Gasteiger partial charge in [-0.05, 0) is 11.1 Å². The fourth-order valence-corrected chi connectivity index (χ4v) is 2.93. The zero-order chi connectivity index (χ0) is 13.2. The standard InChI is InChI=1S/C15H21N3O/c1-17-10-13(11-18-5-7-19-8-6-18)14-4-2-3-12(9-16)15(14)17/h2-4,10H,5-9,11,16H2,1H3. The second-order valence-electron chi connectivity index (χ2n) is 5.17. The van der Waals surface area contributed by atoms with E-state index in [1.54, 1.807) is 0 Å². The normalized spacial score (nSPS) is 17.2. The van der Waals surface area contributed by atoms with Gasteiger partial charge in [0.25, 0.3) is 0 Å². The first kappa shape index (κ1) is 12.7. The zero-order valence-electron chi connectivity index (χ0n) is 11.4. The van der Waals surface area contributed by atoms with Crippen LogP contribution in [0.2, 0.25) is 0 Å². The molecule has 1 aliphatic rings. The van der Waals surface area contributed by atoms with Crippen molar-refractivity contribution >= 4 is 10.9 Å². The predicted octanol–water partition coefficient (Wildman–Crippen LogP) is 1.47. The van der Waals surface area contributed by atoms with Gasteiger partial charge in [0.15, 0.2) is 0 Å². The molecule has 4 nitrogen and oxygen atoms in total. The summed E-state index contributed by atoms with van der Waals surface area (Å²) in [5, 5.41) is 1.33. The summed E-state index contributed by atoms with van der Waals surface area (Å²) >= 11 is 0. The van der Waals surface area contributed by atoms with E-state index in [4.69, 9.17) is 10.5 Å². The molecular weight excluding hydrogens is 238 g/mol. The van der Waals surface area contributed by atoms with E-state index in [2.05, 4.69) is 40.9 Å². The van der Waals surface area contributed by atoms with Crippen LogP contribution >= 0.6 is 0 Å². The number of rotatable bonds is 3. The number of nitrogens with two attached hydrogens (primary N) is 1. The van der Waals surface area contributed by atoms with Gasteiger partial charge in [-0.3, -0.25) is 4.90 Å². The van der Waals surface area contributed by atoms with Gasteiger partial charge in [0, 0.05) is 44.8 Å². The van der Waals surface area contributed by atoms with Crippen LogP contribution in [0, 0.1) is 0 Å².